The number of carbonyl (C=O) groups is 2. The van der Waals surface area contributed by atoms with Gasteiger partial charge in [0.25, 0.3) is 0 Å². The van der Waals surface area contributed by atoms with Crippen LogP contribution < -0.4 is 0 Å². The zero-order valence-electron chi connectivity index (χ0n) is 5.23. The third kappa shape index (κ3) is 4.27. The van der Waals surface area contributed by atoms with E-state index in [1.165, 1.54) is 6.92 Å². The standard InChI is InChI=1S/C5H8O2.Mg/c1-3-5(7)4(2)6;/h3H2,1-2H3;. The summed E-state index contributed by atoms with van der Waals surface area (Å²) < 4.78 is 0. The molecule has 0 rings (SSSR count). The van der Waals surface area contributed by atoms with E-state index in [4.69, 9.17) is 0 Å². The Morgan fingerprint density at radius 3 is 1.75 bits per heavy atom. The predicted molar refractivity (Wildman–Crippen MR) is 31.7 cm³/mol. The van der Waals surface area contributed by atoms with Crippen molar-refractivity contribution in [3.63, 3.8) is 0 Å². The molecule has 0 aromatic carbocycles. The van der Waals surface area contributed by atoms with E-state index < -0.39 is 0 Å². The van der Waals surface area contributed by atoms with Crippen LogP contribution in [0.3, 0.4) is 0 Å². The molecule has 42 valence electrons. The molecule has 0 unspecified atom stereocenters. The van der Waals surface area contributed by atoms with Gasteiger partial charge in [-0.3, -0.25) is 9.59 Å². The van der Waals surface area contributed by atoms with Gasteiger partial charge in [-0.05, 0) is 0 Å². The van der Waals surface area contributed by atoms with Gasteiger partial charge in [-0.2, -0.15) is 0 Å². The summed E-state index contributed by atoms with van der Waals surface area (Å²) in [5, 5.41) is 0. The summed E-state index contributed by atoms with van der Waals surface area (Å²) in [6.45, 7) is 2.95. The fourth-order valence-corrected chi connectivity index (χ4v) is 0.249. The highest BCUT2D eigenvalue weighted by atomic mass is 24.3. The van der Waals surface area contributed by atoms with Gasteiger partial charge in [0.2, 0.25) is 0 Å². The topological polar surface area (TPSA) is 34.1 Å². The minimum absolute atomic E-state index is 0. The van der Waals surface area contributed by atoms with Gasteiger partial charge in [0.15, 0.2) is 11.6 Å². The monoisotopic (exact) mass is 124 g/mol. The maximum Gasteiger partial charge on any atom is 0.197 e. The first-order chi connectivity index (χ1) is 3.18. The first-order valence-corrected chi connectivity index (χ1v) is 2.22. The molecule has 0 fully saturated rings. The van der Waals surface area contributed by atoms with Crippen LogP contribution in [0.2, 0.25) is 0 Å². The lowest BCUT2D eigenvalue weighted by molar-refractivity contribution is -0.135. The maximum absolute atomic E-state index is 10.2. The lowest BCUT2D eigenvalue weighted by Crippen LogP contribution is -2.06. The molecule has 0 N–H and O–H groups in total. The molecule has 3 heteroatoms. The Balaban J connectivity index is 0. The highest BCUT2D eigenvalue weighted by Crippen LogP contribution is 1.79. The maximum atomic E-state index is 10.2. The number of hydrogen-bond donors (Lipinski definition) is 0. The van der Waals surface area contributed by atoms with Crippen LogP contribution in [0, 0.1) is 0 Å². The van der Waals surface area contributed by atoms with Crippen molar-refractivity contribution in [1.82, 2.24) is 0 Å². The lowest BCUT2D eigenvalue weighted by atomic mass is 10.2. The van der Waals surface area contributed by atoms with E-state index in [1.54, 1.807) is 6.92 Å². The highest BCUT2D eigenvalue weighted by Gasteiger charge is 2.00. The number of rotatable bonds is 2. The second-order valence-electron chi connectivity index (χ2n) is 1.33. The second-order valence-corrected chi connectivity index (χ2v) is 1.33. The molecule has 0 aliphatic rings. The Labute approximate surface area is 64.8 Å². The van der Waals surface area contributed by atoms with Crippen LogP contribution >= 0.6 is 0 Å². The van der Waals surface area contributed by atoms with E-state index in [2.05, 4.69) is 0 Å². The summed E-state index contributed by atoms with van der Waals surface area (Å²) in [4.78, 5) is 20.2. The zero-order valence-corrected chi connectivity index (χ0v) is 6.64. The van der Waals surface area contributed by atoms with Gasteiger partial charge in [0.05, 0.1) is 0 Å². The molecule has 0 atom stereocenters. The van der Waals surface area contributed by atoms with Crippen LogP contribution in [0.15, 0.2) is 0 Å². The molecule has 8 heavy (non-hydrogen) atoms. The Hall–Kier alpha value is 0.106. The molecule has 0 aliphatic heterocycles. The largest absolute Gasteiger partial charge is 0.291 e. The average Bonchev–Trinajstić information content (AvgIpc) is 1.65. The molecule has 0 heterocycles. The third-order valence-corrected chi connectivity index (χ3v) is 0.714. The van der Waals surface area contributed by atoms with Crippen molar-refractivity contribution in [2.45, 2.75) is 20.3 Å². The van der Waals surface area contributed by atoms with Gasteiger partial charge >= 0.3 is 0 Å². The number of carbonyl (C=O) groups excluding carboxylic acids is 2. The van der Waals surface area contributed by atoms with Crippen LogP contribution in [-0.4, -0.2) is 34.6 Å². The molecule has 0 bridgehead atoms. The summed E-state index contributed by atoms with van der Waals surface area (Å²) in [6, 6.07) is 0. The molecule has 0 aromatic rings. The molecule has 0 aromatic heterocycles. The molecule has 0 saturated carbocycles. The quantitative estimate of drug-likeness (QED) is 0.389. The fourth-order valence-electron chi connectivity index (χ4n) is 0.249. The molecule has 0 amide bonds. The van der Waals surface area contributed by atoms with E-state index in [0.717, 1.165) is 0 Å². The van der Waals surface area contributed by atoms with Crippen molar-refractivity contribution in [2.75, 3.05) is 0 Å². The summed E-state index contributed by atoms with van der Waals surface area (Å²) >= 11 is 0. The van der Waals surface area contributed by atoms with Crippen LogP contribution in [0.5, 0.6) is 0 Å². The van der Waals surface area contributed by atoms with E-state index in [9.17, 15) is 9.59 Å². The third-order valence-electron chi connectivity index (χ3n) is 0.714. The van der Waals surface area contributed by atoms with Crippen LogP contribution in [0.4, 0.5) is 0 Å². The Bertz CT molecular complexity index is 98.6. The van der Waals surface area contributed by atoms with Crippen molar-refractivity contribution in [1.29, 1.82) is 0 Å². The smallest absolute Gasteiger partial charge is 0.197 e. The summed E-state index contributed by atoms with van der Waals surface area (Å²) in [5.74, 6) is -0.637. The van der Waals surface area contributed by atoms with Crippen molar-refractivity contribution in [3.8, 4) is 0 Å². The van der Waals surface area contributed by atoms with Gasteiger partial charge in [0.1, 0.15) is 0 Å². The minimum Gasteiger partial charge on any atom is -0.291 e. The molecular weight excluding hydrogens is 116 g/mol. The Kier molecular flexibility index (Phi) is 7.20. The van der Waals surface area contributed by atoms with Crippen molar-refractivity contribution >= 4 is 34.6 Å². The summed E-state index contributed by atoms with van der Waals surface area (Å²) in [5.41, 5.74) is 0. The summed E-state index contributed by atoms with van der Waals surface area (Å²) in [6.07, 6.45) is 0.329. The molecular formula is C5H8MgO2. The number of Topliss-reactive ketones (excluding diaryl/α,β-unsaturated/α-hetero) is 2. The van der Waals surface area contributed by atoms with Crippen molar-refractivity contribution in [2.24, 2.45) is 0 Å². The molecule has 0 spiro atoms. The first kappa shape index (κ1) is 11.0. The predicted octanol–water partition coefficient (Wildman–Crippen LogP) is 0.174. The Morgan fingerprint density at radius 1 is 1.38 bits per heavy atom. The van der Waals surface area contributed by atoms with Gasteiger partial charge in [-0.15, -0.1) is 0 Å². The van der Waals surface area contributed by atoms with Crippen molar-refractivity contribution in [3.05, 3.63) is 0 Å². The van der Waals surface area contributed by atoms with Crippen LogP contribution in [-0.2, 0) is 9.59 Å². The Morgan fingerprint density at radius 2 is 1.75 bits per heavy atom. The number of ketones is 2. The van der Waals surface area contributed by atoms with E-state index in [0.29, 0.717) is 6.42 Å². The highest BCUT2D eigenvalue weighted by molar-refractivity contribution is 6.36. The van der Waals surface area contributed by atoms with Crippen LogP contribution in [0.25, 0.3) is 0 Å². The lowest BCUT2D eigenvalue weighted by Gasteiger charge is -1.81. The normalized spacial score (nSPS) is 7.25. The molecule has 2 nitrogen and oxygen atoms in total. The number of hydrogen-bond acceptors (Lipinski definition) is 2. The van der Waals surface area contributed by atoms with E-state index in [-0.39, 0.29) is 34.6 Å². The van der Waals surface area contributed by atoms with E-state index in [1.807, 2.05) is 0 Å². The molecule has 0 aliphatic carbocycles. The summed E-state index contributed by atoms with van der Waals surface area (Å²) in [7, 11) is 0. The molecule has 2 radical (unpaired) electrons. The fraction of sp³-hybridized carbons (Fsp3) is 0.600. The van der Waals surface area contributed by atoms with Crippen molar-refractivity contribution < 1.29 is 9.59 Å². The van der Waals surface area contributed by atoms with Gasteiger partial charge in [-0.25, -0.2) is 0 Å². The SMILES string of the molecule is CCC(=O)C(C)=O.[Mg]. The minimum atomic E-state index is -0.345. The van der Waals surface area contributed by atoms with Gasteiger partial charge < -0.3 is 0 Å². The van der Waals surface area contributed by atoms with E-state index >= 15 is 0 Å². The van der Waals surface area contributed by atoms with Crippen LogP contribution in [0.1, 0.15) is 20.3 Å². The molecule has 0 saturated heterocycles. The second kappa shape index (κ2) is 5.25. The first-order valence-electron chi connectivity index (χ1n) is 2.22. The van der Waals surface area contributed by atoms with Gasteiger partial charge in [0, 0.05) is 36.4 Å². The zero-order chi connectivity index (χ0) is 5.86. The van der Waals surface area contributed by atoms with Gasteiger partial charge in [-0.1, -0.05) is 6.92 Å². The average molecular weight is 124 g/mol.